The Morgan fingerprint density at radius 3 is 2.47 bits per heavy atom. The summed E-state index contributed by atoms with van der Waals surface area (Å²) < 4.78 is 0. The summed E-state index contributed by atoms with van der Waals surface area (Å²) in [6, 6.07) is 9.51. The minimum absolute atomic E-state index is 0.152. The van der Waals surface area contributed by atoms with Crippen LogP contribution in [0, 0.1) is 0 Å². The van der Waals surface area contributed by atoms with Crippen LogP contribution < -0.4 is 16.5 Å². The maximum absolute atomic E-state index is 5.58. The summed E-state index contributed by atoms with van der Waals surface area (Å²) in [6.45, 7) is 3.70. The van der Waals surface area contributed by atoms with E-state index in [4.69, 9.17) is 18.0 Å². The van der Waals surface area contributed by atoms with Gasteiger partial charge in [-0.1, -0.05) is 18.2 Å². The van der Waals surface area contributed by atoms with Gasteiger partial charge in [0.2, 0.25) is 11.1 Å². The van der Waals surface area contributed by atoms with Crippen LogP contribution in [0.4, 0.5) is 5.69 Å². The molecule has 4 N–H and O–H groups in total. The molecule has 0 aliphatic heterocycles. The molecule has 0 aliphatic rings. The lowest BCUT2D eigenvalue weighted by Crippen LogP contribution is -2.29. The fourth-order valence-corrected chi connectivity index (χ4v) is 1.19. The van der Waals surface area contributed by atoms with Crippen LogP contribution in [0.1, 0.15) is 13.8 Å². The van der Waals surface area contributed by atoms with Gasteiger partial charge in [-0.2, -0.15) is 10.1 Å². The number of benzene rings is 1. The van der Waals surface area contributed by atoms with Crippen LogP contribution in [0.2, 0.25) is 0 Å². The first-order valence-corrected chi connectivity index (χ1v) is 5.46. The number of para-hydroxylation sites is 1. The molecule has 1 rings (SSSR count). The Bertz CT molecular complexity index is 434. The van der Waals surface area contributed by atoms with E-state index in [0.29, 0.717) is 0 Å². The van der Waals surface area contributed by atoms with Gasteiger partial charge in [0.25, 0.3) is 0 Å². The summed E-state index contributed by atoms with van der Waals surface area (Å²) in [5.74, 6) is 0.152. The average Bonchev–Trinajstić information content (AvgIpc) is 2.27. The monoisotopic (exact) mass is 249 g/mol. The van der Waals surface area contributed by atoms with Gasteiger partial charge in [-0.05, 0) is 38.2 Å². The van der Waals surface area contributed by atoms with E-state index in [2.05, 4.69) is 20.8 Å². The Hall–Kier alpha value is -1.95. The number of anilines is 1. The maximum atomic E-state index is 5.58. The molecule has 0 atom stereocenters. The SMILES string of the molecule is CC(C)=NN/C(N)=N/C(=S)Nc1ccccc1. The highest BCUT2D eigenvalue weighted by Gasteiger charge is 1.96. The number of aliphatic imine (C=N–C) groups is 1. The lowest BCUT2D eigenvalue weighted by Gasteiger charge is -2.04. The molecular weight excluding hydrogens is 234 g/mol. The van der Waals surface area contributed by atoms with Gasteiger partial charge in [-0.25, -0.2) is 5.43 Å². The summed E-state index contributed by atoms with van der Waals surface area (Å²) >= 11 is 5.03. The predicted molar refractivity (Wildman–Crippen MR) is 76.2 cm³/mol. The number of nitrogens with two attached hydrogens (primary N) is 1. The number of nitrogens with one attached hydrogen (secondary N) is 2. The third-order valence-electron chi connectivity index (χ3n) is 1.64. The van der Waals surface area contributed by atoms with Crippen molar-refractivity contribution < 1.29 is 0 Å². The summed E-state index contributed by atoms with van der Waals surface area (Å²) in [6.07, 6.45) is 0. The summed E-state index contributed by atoms with van der Waals surface area (Å²) in [4.78, 5) is 3.94. The molecule has 6 heteroatoms. The second-order valence-corrected chi connectivity index (χ2v) is 3.85. The van der Waals surface area contributed by atoms with E-state index in [9.17, 15) is 0 Å². The standard InChI is InChI=1S/C11H15N5S/c1-8(2)15-16-10(12)14-11(17)13-9-6-4-3-5-7-9/h3-7H,1-2H3,(H4,12,13,14,16,17). The Kier molecular flexibility index (Phi) is 5.09. The van der Waals surface area contributed by atoms with Crippen molar-refractivity contribution in [1.82, 2.24) is 5.43 Å². The van der Waals surface area contributed by atoms with Crippen LogP contribution in [-0.2, 0) is 0 Å². The first kappa shape index (κ1) is 13.1. The maximum Gasteiger partial charge on any atom is 0.216 e. The molecule has 0 saturated heterocycles. The van der Waals surface area contributed by atoms with Gasteiger partial charge in [0.15, 0.2) is 0 Å². The van der Waals surface area contributed by atoms with Crippen LogP contribution in [-0.4, -0.2) is 16.8 Å². The van der Waals surface area contributed by atoms with Gasteiger partial charge in [0.1, 0.15) is 0 Å². The number of guanidine groups is 1. The van der Waals surface area contributed by atoms with E-state index < -0.39 is 0 Å². The molecule has 0 fully saturated rings. The summed E-state index contributed by atoms with van der Waals surface area (Å²) in [5.41, 5.74) is 9.88. The predicted octanol–water partition coefficient (Wildman–Crippen LogP) is 1.68. The first-order valence-electron chi connectivity index (χ1n) is 5.05. The van der Waals surface area contributed by atoms with Crippen molar-refractivity contribution in [1.29, 1.82) is 0 Å². The lowest BCUT2D eigenvalue weighted by molar-refractivity contribution is 1.00. The van der Waals surface area contributed by atoms with E-state index in [1.54, 1.807) is 0 Å². The molecule has 90 valence electrons. The molecular formula is C11H15N5S. The van der Waals surface area contributed by atoms with Crippen LogP contribution in [0.25, 0.3) is 0 Å². The van der Waals surface area contributed by atoms with Crippen molar-refractivity contribution in [2.75, 3.05) is 5.32 Å². The normalized spacial score (nSPS) is 10.6. The van der Waals surface area contributed by atoms with E-state index in [1.165, 1.54) is 0 Å². The third kappa shape index (κ3) is 5.62. The van der Waals surface area contributed by atoms with E-state index in [1.807, 2.05) is 44.2 Å². The minimum Gasteiger partial charge on any atom is -0.368 e. The van der Waals surface area contributed by atoms with E-state index in [-0.39, 0.29) is 11.1 Å². The smallest absolute Gasteiger partial charge is 0.216 e. The van der Waals surface area contributed by atoms with Crippen molar-refractivity contribution in [2.24, 2.45) is 15.8 Å². The number of rotatable bonds is 2. The molecule has 0 bridgehead atoms. The van der Waals surface area contributed by atoms with Crippen molar-refractivity contribution in [3.05, 3.63) is 30.3 Å². The van der Waals surface area contributed by atoms with Crippen LogP contribution in [0.15, 0.2) is 40.4 Å². The zero-order chi connectivity index (χ0) is 12.7. The Morgan fingerprint density at radius 2 is 1.88 bits per heavy atom. The number of thiocarbonyl (C=S) groups is 1. The highest BCUT2D eigenvalue weighted by Crippen LogP contribution is 2.04. The third-order valence-corrected chi connectivity index (χ3v) is 1.83. The number of hydrogen-bond donors (Lipinski definition) is 3. The van der Waals surface area contributed by atoms with Crippen LogP contribution in [0.3, 0.4) is 0 Å². The second kappa shape index (κ2) is 6.59. The molecule has 0 radical (unpaired) electrons. The molecule has 0 unspecified atom stereocenters. The molecule has 17 heavy (non-hydrogen) atoms. The molecule has 1 aromatic rings. The van der Waals surface area contributed by atoms with Crippen LogP contribution in [0.5, 0.6) is 0 Å². The highest BCUT2D eigenvalue weighted by molar-refractivity contribution is 7.80. The Morgan fingerprint density at radius 1 is 1.24 bits per heavy atom. The fraction of sp³-hybridized carbons (Fsp3) is 0.182. The molecule has 0 spiro atoms. The van der Waals surface area contributed by atoms with Gasteiger partial charge < -0.3 is 11.1 Å². The van der Waals surface area contributed by atoms with E-state index in [0.717, 1.165) is 11.4 Å². The van der Waals surface area contributed by atoms with Crippen molar-refractivity contribution in [2.45, 2.75) is 13.8 Å². The summed E-state index contributed by atoms with van der Waals surface area (Å²) in [5, 5.41) is 7.13. The number of hydrogen-bond acceptors (Lipinski definition) is 2. The zero-order valence-corrected chi connectivity index (χ0v) is 10.6. The molecule has 0 heterocycles. The fourth-order valence-electron chi connectivity index (χ4n) is 0.976. The number of nitrogens with zero attached hydrogens (tertiary/aromatic N) is 2. The molecule has 5 nitrogen and oxygen atoms in total. The second-order valence-electron chi connectivity index (χ2n) is 3.46. The average molecular weight is 249 g/mol. The molecule has 0 aromatic heterocycles. The highest BCUT2D eigenvalue weighted by atomic mass is 32.1. The van der Waals surface area contributed by atoms with Crippen molar-refractivity contribution in [3.63, 3.8) is 0 Å². The van der Waals surface area contributed by atoms with Gasteiger partial charge in [0, 0.05) is 11.4 Å². The van der Waals surface area contributed by atoms with Crippen molar-refractivity contribution in [3.8, 4) is 0 Å². The Balaban J connectivity index is 2.54. The van der Waals surface area contributed by atoms with Crippen molar-refractivity contribution >= 4 is 34.7 Å². The van der Waals surface area contributed by atoms with Gasteiger partial charge in [-0.15, -0.1) is 0 Å². The van der Waals surface area contributed by atoms with Gasteiger partial charge >= 0.3 is 0 Å². The van der Waals surface area contributed by atoms with Gasteiger partial charge in [0.05, 0.1) is 0 Å². The molecule has 0 saturated carbocycles. The van der Waals surface area contributed by atoms with E-state index >= 15 is 0 Å². The topological polar surface area (TPSA) is 74.8 Å². The van der Waals surface area contributed by atoms with Gasteiger partial charge in [-0.3, -0.25) is 0 Å². The quantitative estimate of drug-likeness (QED) is 0.323. The molecule has 1 aromatic carbocycles. The molecule has 0 amide bonds. The largest absolute Gasteiger partial charge is 0.368 e. The van der Waals surface area contributed by atoms with Crippen LogP contribution >= 0.6 is 12.2 Å². The number of hydrazone groups is 1. The Labute approximate surface area is 106 Å². The molecule has 0 aliphatic carbocycles. The minimum atomic E-state index is 0.152. The zero-order valence-electron chi connectivity index (χ0n) is 9.77. The summed E-state index contributed by atoms with van der Waals surface area (Å²) in [7, 11) is 0. The first-order chi connectivity index (χ1) is 8.08. The lowest BCUT2D eigenvalue weighted by atomic mass is 10.3.